The van der Waals surface area contributed by atoms with E-state index < -0.39 is 24.1 Å². The van der Waals surface area contributed by atoms with Crippen molar-refractivity contribution in [3.8, 4) is 21.4 Å². The first kappa shape index (κ1) is 73.5. The zero-order valence-electron chi connectivity index (χ0n) is 50.1. The molecule has 0 bridgehead atoms. The van der Waals surface area contributed by atoms with Crippen LogP contribution in [0.1, 0.15) is 49.1 Å². The van der Waals surface area contributed by atoms with Crippen LogP contribution in [0, 0.1) is 0 Å². The minimum atomic E-state index is -4.69. The molecule has 0 spiro atoms. The standard InChI is InChI=1S/C21H19F3N8O2S.C13H16N6O.C9H12ClN3O.C8H4BrF3N2OS.C5H3ClN2O.FH2N/c22-21(23,24)20-27-19(30-34-20)16-3-2-15(35-16)13-32(18-11-25-5-6-26-18)17-4-1-14(28-29-17)12-31-7-9-33-10-8-31;1-2-12(16-13-9-14-3-4-15-13)18-17-11(1)10-19-5-7-20-8-6-19;10-9-2-1-8(11-12-9)7-13-3-5-14-6-4-13;9-3-4-1-2-5(16-4)6-13-7(15-14-6)8(10,11)12;6-5-2-1-4(3-9)7-8-5;1-2/h1-6,11H,7-10,12-13H2;1-4,9H,5-8,10H2,(H,15,16,18);1-2H,3-7H2;1-2H,3H2;1-3H;2H2. The zero-order chi connectivity index (χ0) is 68.1. The van der Waals surface area contributed by atoms with Crippen LogP contribution in [0.2, 0.25) is 10.3 Å². The van der Waals surface area contributed by atoms with Crippen molar-refractivity contribution in [2.24, 2.45) is 5.96 Å². The van der Waals surface area contributed by atoms with E-state index in [9.17, 15) is 31.1 Å². The molecular weight excluding hydrogens is 1420 g/mol. The number of aromatic nitrogens is 16. The van der Waals surface area contributed by atoms with Crippen molar-refractivity contribution >= 4 is 91.4 Å². The maximum atomic E-state index is 12.8. The highest BCUT2D eigenvalue weighted by Gasteiger charge is 2.39. The number of rotatable bonds is 16. The van der Waals surface area contributed by atoms with Crippen molar-refractivity contribution in [3.63, 3.8) is 0 Å². The highest BCUT2D eigenvalue weighted by atomic mass is 79.9. The third kappa shape index (κ3) is 24.1. The highest BCUT2D eigenvalue weighted by Crippen LogP contribution is 2.35. The molecule has 0 radical (unpaired) electrons. The quantitative estimate of drug-likeness (QED) is 0.0393. The van der Waals surface area contributed by atoms with Crippen LogP contribution in [0.5, 0.6) is 0 Å². The molecule has 3 aliphatic heterocycles. The molecule has 0 amide bonds. The molecule has 13 rings (SSSR count). The molecule has 3 fully saturated rings. The number of carbonyl (C=O) groups is 1. The number of thiophene rings is 2. The summed E-state index contributed by atoms with van der Waals surface area (Å²) in [5.74, 6) is 2.57. The first-order valence-electron chi connectivity index (χ1n) is 28.4. The number of aldehydes is 1. The molecule has 0 atom stereocenters. The van der Waals surface area contributed by atoms with Crippen molar-refractivity contribution in [1.82, 2.24) is 95.7 Å². The number of nitrogens with one attached hydrogen (secondary N) is 1. The number of carbonyl (C=O) groups excluding carboxylic acids is 1. The van der Waals surface area contributed by atoms with E-state index >= 15 is 0 Å². The van der Waals surface area contributed by atoms with Crippen LogP contribution < -0.4 is 16.2 Å². The molecule has 3 N–H and O–H groups in total. The molecule has 28 nitrogen and oxygen atoms in total. The van der Waals surface area contributed by atoms with Gasteiger partial charge in [0.1, 0.15) is 11.5 Å². The molecule has 13 heterocycles. The molecule has 96 heavy (non-hydrogen) atoms. The largest absolute Gasteiger partial charge is 0.471 e. The molecule has 508 valence electrons. The van der Waals surface area contributed by atoms with Crippen LogP contribution in [0.25, 0.3) is 21.4 Å². The molecule has 10 aromatic heterocycles. The Kier molecular flexibility index (Phi) is 29.0. The van der Waals surface area contributed by atoms with Gasteiger partial charge in [0, 0.05) is 98.8 Å². The summed E-state index contributed by atoms with van der Waals surface area (Å²) < 4.78 is 108. The van der Waals surface area contributed by atoms with Gasteiger partial charge in [-0.15, -0.1) is 52.6 Å². The summed E-state index contributed by atoms with van der Waals surface area (Å²) >= 11 is 16.8. The van der Waals surface area contributed by atoms with Gasteiger partial charge < -0.3 is 33.5 Å². The zero-order valence-corrected chi connectivity index (χ0v) is 54.8. The Bertz CT molecular complexity index is 3850. The van der Waals surface area contributed by atoms with Crippen LogP contribution in [0.15, 0.2) is 119 Å². The van der Waals surface area contributed by atoms with Crippen LogP contribution in [0.3, 0.4) is 0 Å². The van der Waals surface area contributed by atoms with E-state index in [1.807, 2.05) is 35.2 Å². The average molecular weight is 1480 g/mol. The van der Waals surface area contributed by atoms with Crippen molar-refractivity contribution in [2.45, 2.75) is 43.9 Å². The van der Waals surface area contributed by atoms with Gasteiger partial charge in [0.2, 0.25) is 11.6 Å². The lowest BCUT2D eigenvalue weighted by Crippen LogP contribution is -2.35. The first-order chi connectivity index (χ1) is 46.5. The molecule has 3 saturated heterocycles. The summed E-state index contributed by atoms with van der Waals surface area (Å²) in [5.41, 5.74) is 3.04. The third-order valence-electron chi connectivity index (χ3n) is 12.8. The molecule has 10 aromatic rings. The molecule has 0 unspecified atom stereocenters. The third-order valence-corrected chi connectivity index (χ3v) is 16.3. The van der Waals surface area contributed by atoms with Crippen LogP contribution in [-0.4, -0.2) is 181 Å². The molecule has 3 aliphatic rings. The van der Waals surface area contributed by atoms with E-state index in [0.29, 0.717) is 86.9 Å². The normalized spacial score (nSPS) is 14.3. The van der Waals surface area contributed by atoms with Crippen LogP contribution >= 0.6 is 61.8 Å². The number of hydrogen-bond donors (Lipinski definition) is 2. The highest BCUT2D eigenvalue weighted by molar-refractivity contribution is 9.08. The molecule has 0 aromatic carbocycles. The van der Waals surface area contributed by atoms with E-state index in [-0.39, 0.29) is 11.6 Å². The second-order valence-corrected chi connectivity index (χ2v) is 23.2. The van der Waals surface area contributed by atoms with Gasteiger partial charge in [-0.25, -0.2) is 9.97 Å². The maximum absolute atomic E-state index is 12.8. The van der Waals surface area contributed by atoms with Crippen LogP contribution in [0.4, 0.5) is 54.1 Å². The monoisotopic (exact) mass is 1480 g/mol. The lowest BCUT2D eigenvalue weighted by atomic mass is 10.3. The van der Waals surface area contributed by atoms with Gasteiger partial charge in [0.25, 0.3) is 0 Å². The lowest BCUT2D eigenvalue weighted by molar-refractivity contribution is -0.160. The van der Waals surface area contributed by atoms with Crippen molar-refractivity contribution in [2.75, 3.05) is 89.1 Å². The predicted molar refractivity (Wildman–Crippen MR) is 338 cm³/mol. The summed E-state index contributed by atoms with van der Waals surface area (Å²) in [7, 11) is 0. The smallest absolute Gasteiger partial charge is 0.379 e. The topological polar surface area (TPSA) is 328 Å². The number of anilines is 4. The Hall–Kier alpha value is -8.28. The Morgan fingerprint density at radius 2 is 1.02 bits per heavy atom. The fourth-order valence-electron chi connectivity index (χ4n) is 8.27. The number of morpholine rings is 3. The number of halogens is 10. The molecule has 40 heteroatoms. The van der Waals surface area contributed by atoms with Gasteiger partial charge in [-0.2, -0.15) is 57.6 Å². The Morgan fingerprint density at radius 3 is 1.43 bits per heavy atom. The van der Waals surface area contributed by atoms with Gasteiger partial charge in [-0.3, -0.25) is 29.5 Å². The summed E-state index contributed by atoms with van der Waals surface area (Å²) in [4.78, 5) is 44.8. The van der Waals surface area contributed by atoms with Gasteiger partial charge in [-0.1, -0.05) is 49.4 Å². The van der Waals surface area contributed by atoms with Gasteiger partial charge in [-0.05, 0) is 72.8 Å². The Labute approximate surface area is 567 Å². The average Bonchev–Trinajstić information content (AvgIpc) is 1.85. The van der Waals surface area contributed by atoms with E-state index in [1.54, 1.807) is 67.5 Å². The summed E-state index contributed by atoms with van der Waals surface area (Å²) in [5, 5.41) is 43.0. The predicted octanol–water partition coefficient (Wildman–Crippen LogP) is 9.86. The number of alkyl halides is 7. The number of nitrogens with zero attached hydrogens (tertiary/aromatic N) is 20. The molecule has 0 aliphatic carbocycles. The number of nitrogens with two attached hydrogens (primary N) is 1. The maximum Gasteiger partial charge on any atom is 0.471 e. The van der Waals surface area contributed by atoms with E-state index in [2.05, 4.69) is 132 Å². The van der Waals surface area contributed by atoms with Crippen molar-refractivity contribution in [1.29, 1.82) is 0 Å². The first-order valence-corrected chi connectivity index (χ1v) is 31.9. The minimum Gasteiger partial charge on any atom is -0.379 e. The van der Waals surface area contributed by atoms with Gasteiger partial charge >= 0.3 is 24.1 Å². The number of hydrogen-bond acceptors (Lipinski definition) is 30. The fraction of sp³-hybridized carbons (Fsp3) is 0.339. The summed E-state index contributed by atoms with van der Waals surface area (Å²) in [6, 6.07) is 21.2. The minimum absolute atomic E-state index is 0.0375. The second kappa shape index (κ2) is 37.9. The van der Waals surface area contributed by atoms with E-state index in [0.717, 1.165) is 106 Å². The van der Waals surface area contributed by atoms with E-state index in [4.69, 9.17) is 41.9 Å². The Morgan fingerprint density at radius 1 is 0.542 bits per heavy atom. The van der Waals surface area contributed by atoms with Crippen molar-refractivity contribution < 1.29 is 58.9 Å². The number of ether oxygens (including phenoxy) is 3. The summed E-state index contributed by atoms with van der Waals surface area (Å²) in [6.07, 6.45) is 0.961. The van der Waals surface area contributed by atoms with Crippen molar-refractivity contribution in [3.05, 3.63) is 165 Å². The molecular formula is C56H56BrCl2F7N22O6S2. The Balaban J connectivity index is 0.000000165. The van der Waals surface area contributed by atoms with Gasteiger partial charge in [0.15, 0.2) is 34.0 Å². The van der Waals surface area contributed by atoms with E-state index in [1.165, 1.54) is 34.8 Å². The summed E-state index contributed by atoms with van der Waals surface area (Å²) in [6.45, 7) is 12.8. The lowest BCUT2D eigenvalue weighted by Gasteiger charge is -2.26. The molecule has 0 saturated carbocycles. The van der Waals surface area contributed by atoms with Crippen LogP contribution in [-0.2, 0) is 58.1 Å². The second-order valence-electron chi connectivity index (χ2n) is 19.6. The van der Waals surface area contributed by atoms with Gasteiger partial charge in [0.05, 0.1) is 85.4 Å². The fourth-order valence-corrected chi connectivity index (χ4v) is 10.7. The SMILES string of the molecule is Clc1ccc(CN2CCOCC2)nn1.FC(F)(F)c1nc(-c2ccc(CBr)s2)no1.FC(F)(F)c1nc(-c2ccc(CN(c3cnccn3)c3ccc(CN4CCOCC4)nn3)s2)no1.NF.O=Cc1ccc(Cl)nn1.c1cnc(Nc2ccc(CN3CCOCC3)nn2)cn1.